The second-order valence-corrected chi connectivity index (χ2v) is 6.83. The van der Waals surface area contributed by atoms with E-state index in [9.17, 15) is 0 Å². The molecule has 2 heterocycles. The number of hydrogen-bond acceptors (Lipinski definition) is 4. The number of ether oxygens (including phenoxy) is 2. The first-order valence-electron chi connectivity index (χ1n) is 7.09. The minimum atomic E-state index is 0.274. The van der Waals surface area contributed by atoms with Gasteiger partial charge in [-0.2, -0.15) is 0 Å². The number of nitrogens with one attached hydrogen (secondary N) is 1. The van der Waals surface area contributed by atoms with Gasteiger partial charge in [0.05, 0.1) is 4.34 Å². The molecule has 1 aromatic carbocycles. The summed E-state index contributed by atoms with van der Waals surface area (Å²) in [6, 6.07) is 10.5. The summed E-state index contributed by atoms with van der Waals surface area (Å²) in [4.78, 5) is 1.31. The number of hydrogen-bond donors (Lipinski definition) is 1. The van der Waals surface area contributed by atoms with Crippen molar-refractivity contribution >= 4 is 22.9 Å². The van der Waals surface area contributed by atoms with Crippen molar-refractivity contribution < 1.29 is 9.47 Å². The van der Waals surface area contributed by atoms with E-state index in [-0.39, 0.29) is 6.04 Å². The lowest BCUT2D eigenvalue weighted by Crippen LogP contribution is -2.21. The molecule has 0 bridgehead atoms. The largest absolute Gasteiger partial charge is 0.486 e. The van der Waals surface area contributed by atoms with Crippen LogP contribution >= 0.6 is 22.9 Å². The minimum Gasteiger partial charge on any atom is -0.486 e. The van der Waals surface area contributed by atoms with Crippen molar-refractivity contribution in [2.45, 2.75) is 19.4 Å². The zero-order chi connectivity index (χ0) is 14.7. The van der Waals surface area contributed by atoms with E-state index in [1.807, 2.05) is 12.1 Å². The van der Waals surface area contributed by atoms with Crippen LogP contribution < -0.4 is 14.8 Å². The molecule has 21 heavy (non-hydrogen) atoms. The van der Waals surface area contributed by atoms with Crippen molar-refractivity contribution in [3.63, 3.8) is 0 Å². The third-order valence-electron chi connectivity index (χ3n) is 3.52. The maximum Gasteiger partial charge on any atom is 0.161 e. The van der Waals surface area contributed by atoms with Crippen LogP contribution in [0.4, 0.5) is 0 Å². The van der Waals surface area contributed by atoms with Gasteiger partial charge in [-0.05, 0) is 43.2 Å². The Morgan fingerprint density at radius 2 is 2.00 bits per heavy atom. The zero-order valence-electron chi connectivity index (χ0n) is 11.9. The van der Waals surface area contributed by atoms with Gasteiger partial charge in [-0.3, -0.25) is 0 Å². The van der Waals surface area contributed by atoms with Crippen molar-refractivity contribution in [2.24, 2.45) is 0 Å². The van der Waals surface area contributed by atoms with Crippen molar-refractivity contribution in [3.05, 3.63) is 45.1 Å². The highest BCUT2D eigenvalue weighted by atomic mass is 35.5. The van der Waals surface area contributed by atoms with Crippen LogP contribution in [0.3, 0.4) is 0 Å². The number of thiophene rings is 1. The van der Waals surface area contributed by atoms with E-state index in [1.165, 1.54) is 10.4 Å². The Morgan fingerprint density at radius 3 is 2.76 bits per heavy atom. The molecule has 0 aliphatic carbocycles. The average molecular weight is 324 g/mol. The van der Waals surface area contributed by atoms with Gasteiger partial charge in [-0.15, -0.1) is 11.3 Å². The molecule has 2 aromatic rings. The van der Waals surface area contributed by atoms with Gasteiger partial charge < -0.3 is 14.8 Å². The standard InChI is InChI=1S/C16H18ClNO2S/c1-11(18-7-6-13-3-5-16(17)21-13)12-2-4-14-15(10-12)20-9-8-19-14/h2-5,10-11,18H,6-9H2,1H3. The Morgan fingerprint density at radius 1 is 1.19 bits per heavy atom. The Bertz CT molecular complexity index is 614. The molecule has 1 N–H and O–H groups in total. The SMILES string of the molecule is CC(NCCc1ccc(Cl)s1)c1ccc2c(c1)OCCO2. The van der Waals surface area contributed by atoms with Crippen LogP contribution in [0.5, 0.6) is 11.5 Å². The highest BCUT2D eigenvalue weighted by molar-refractivity contribution is 7.16. The lowest BCUT2D eigenvalue weighted by atomic mass is 10.1. The quantitative estimate of drug-likeness (QED) is 0.900. The van der Waals surface area contributed by atoms with Crippen LogP contribution in [0.25, 0.3) is 0 Å². The fourth-order valence-corrected chi connectivity index (χ4v) is 3.43. The average Bonchev–Trinajstić information content (AvgIpc) is 2.92. The van der Waals surface area contributed by atoms with Crippen LogP contribution in [0.2, 0.25) is 4.34 Å². The topological polar surface area (TPSA) is 30.5 Å². The number of rotatable bonds is 5. The summed E-state index contributed by atoms with van der Waals surface area (Å²) in [7, 11) is 0. The normalized spacial score (nSPS) is 15.0. The highest BCUT2D eigenvalue weighted by Gasteiger charge is 2.14. The molecule has 1 aliphatic heterocycles. The van der Waals surface area contributed by atoms with Gasteiger partial charge in [0, 0.05) is 17.5 Å². The molecule has 1 aliphatic rings. The van der Waals surface area contributed by atoms with Gasteiger partial charge in [0.25, 0.3) is 0 Å². The summed E-state index contributed by atoms with van der Waals surface area (Å²) in [5.74, 6) is 1.68. The van der Waals surface area contributed by atoms with Crippen LogP contribution in [-0.2, 0) is 6.42 Å². The van der Waals surface area contributed by atoms with Gasteiger partial charge >= 0.3 is 0 Å². The van der Waals surface area contributed by atoms with Crippen LogP contribution in [0.15, 0.2) is 30.3 Å². The molecule has 3 rings (SSSR count). The Balaban J connectivity index is 1.56. The lowest BCUT2D eigenvalue weighted by molar-refractivity contribution is 0.171. The molecule has 1 unspecified atom stereocenters. The predicted molar refractivity (Wildman–Crippen MR) is 86.9 cm³/mol. The predicted octanol–water partition coefficient (Wildman–Crippen LogP) is 4.07. The third kappa shape index (κ3) is 3.70. The smallest absolute Gasteiger partial charge is 0.161 e. The van der Waals surface area contributed by atoms with Gasteiger partial charge in [0.15, 0.2) is 11.5 Å². The number of benzene rings is 1. The lowest BCUT2D eigenvalue weighted by Gasteiger charge is -2.21. The molecule has 0 fully saturated rings. The Labute approximate surface area is 133 Å². The molecule has 3 nitrogen and oxygen atoms in total. The van der Waals surface area contributed by atoms with Crippen molar-refractivity contribution in [3.8, 4) is 11.5 Å². The zero-order valence-corrected chi connectivity index (χ0v) is 13.5. The van der Waals surface area contributed by atoms with E-state index in [0.717, 1.165) is 28.8 Å². The van der Waals surface area contributed by atoms with E-state index in [0.29, 0.717) is 13.2 Å². The van der Waals surface area contributed by atoms with Gasteiger partial charge in [-0.1, -0.05) is 17.7 Å². The Hall–Kier alpha value is -1.23. The molecule has 1 atom stereocenters. The molecular weight excluding hydrogens is 306 g/mol. The summed E-state index contributed by atoms with van der Waals surface area (Å²) in [5.41, 5.74) is 1.21. The fraction of sp³-hybridized carbons (Fsp3) is 0.375. The molecule has 112 valence electrons. The molecule has 0 saturated heterocycles. The summed E-state index contributed by atoms with van der Waals surface area (Å²) >= 11 is 7.58. The number of fused-ring (bicyclic) bond motifs is 1. The first-order chi connectivity index (χ1) is 10.2. The van der Waals surface area contributed by atoms with Crippen molar-refractivity contribution in [2.75, 3.05) is 19.8 Å². The number of halogens is 1. The maximum absolute atomic E-state index is 5.94. The monoisotopic (exact) mass is 323 g/mol. The third-order valence-corrected chi connectivity index (χ3v) is 4.81. The van der Waals surface area contributed by atoms with E-state index in [4.69, 9.17) is 21.1 Å². The van der Waals surface area contributed by atoms with Crippen molar-refractivity contribution in [1.82, 2.24) is 5.32 Å². The molecule has 1 aromatic heterocycles. The van der Waals surface area contributed by atoms with Crippen molar-refractivity contribution in [1.29, 1.82) is 0 Å². The molecule has 0 amide bonds. The van der Waals surface area contributed by atoms with Gasteiger partial charge in [0.2, 0.25) is 0 Å². The molecule has 0 radical (unpaired) electrons. The van der Waals surface area contributed by atoms with Gasteiger partial charge in [0.1, 0.15) is 13.2 Å². The van der Waals surface area contributed by atoms with Gasteiger partial charge in [-0.25, -0.2) is 0 Å². The molecular formula is C16H18ClNO2S. The van der Waals surface area contributed by atoms with Crippen LogP contribution in [0.1, 0.15) is 23.4 Å². The first-order valence-corrected chi connectivity index (χ1v) is 8.29. The summed E-state index contributed by atoms with van der Waals surface area (Å²) in [5, 5.41) is 3.53. The second kappa shape index (κ2) is 6.69. The van der Waals surface area contributed by atoms with E-state index in [1.54, 1.807) is 11.3 Å². The van der Waals surface area contributed by atoms with Crippen LogP contribution in [-0.4, -0.2) is 19.8 Å². The highest BCUT2D eigenvalue weighted by Crippen LogP contribution is 2.32. The minimum absolute atomic E-state index is 0.274. The fourth-order valence-electron chi connectivity index (χ4n) is 2.35. The second-order valence-electron chi connectivity index (χ2n) is 5.03. The van der Waals surface area contributed by atoms with E-state index >= 15 is 0 Å². The van der Waals surface area contributed by atoms with E-state index < -0.39 is 0 Å². The summed E-state index contributed by atoms with van der Waals surface area (Å²) in [6.45, 7) is 4.33. The molecule has 0 spiro atoms. The molecule has 0 saturated carbocycles. The van der Waals surface area contributed by atoms with Crippen LogP contribution in [0, 0.1) is 0 Å². The molecule has 5 heteroatoms. The summed E-state index contributed by atoms with van der Waals surface area (Å²) < 4.78 is 12.0. The van der Waals surface area contributed by atoms with E-state index in [2.05, 4.69) is 30.4 Å². The Kier molecular flexibility index (Phi) is 4.68. The maximum atomic E-state index is 5.94. The first kappa shape index (κ1) is 14.7. The summed E-state index contributed by atoms with van der Waals surface area (Å²) in [6.07, 6.45) is 0.992.